The Balaban J connectivity index is 1.31. The molecule has 0 aliphatic heterocycles. The molecule has 0 unspecified atom stereocenters. The molecule has 5 fully saturated rings. The van der Waals surface area contributed by atoms with Gasteiger partial charge in [-0.2, -0.15) is 0 Å². The fourth-order valence-electron chi connectivity index (χ4n) is 8.23. The van der Waals surface area contributed by atoms with Crippen LogP contribution in [0.1, 0.15) is 57.8 Å². The molecule has 1 aromatic rings. The van der Waals surface area contributed by atoms with E-state index in [4.69, 9.17) is 4.74 Å². The van der Waals surface area contributed by atoms with E-state index in [0.29, 0.717) is 17.9 Å². The summed E-state index contributed by atoms with van der Waals surface area (Å²) < 4.78 is 7.23. The Kier molecular flexibility index (Phi) is 7.50. The molecule has 6 aliphatic rings. The molecule has 0 radical (unpaired) electrons. The lowest BCUT2D eigenvalue weighted by atomic mass is 9.49. The van der Waals surface area contributed by atoms with Crippen LogP contribution in [0.2, 0.25) is 0 Å². The summed E-state index contributed by atoms with van der Waals surface area (Å²) >= 11 is 2.21. The number of ether oxygens (including phenoxy) is 1. The van der Waals surface area contributed by atoms with Crippen molar-refractivity contribution in [2.24, 2.45) is 29.1 Å². The lowest BCUT2D eigenvalue weighted by molar-refractivity contribution is -0.148. The van der Waals surface area contributed by atoms with E-state index in [2.05, 4.69) is 27.9 Å². The van der Waals surface area contributed by atoms with Crippen molar-refractivity contribution in [3.63, 3.8) is 0 Å². The minimum atomic E-state index is -0.947. The summed E-state index contributed by atoms with van der Waals surface area (Å²) in [6.45, 7) is 0.684. The van der Waals surface area contributed by atoms with Gasteiger partial charge >= 0.3 is 0 Å². The van der Waals surface area contributed by atoms with Gasteiger partial charge in [-0.15, -0.1) is 0 Å². The fraction of sp³-hybridized carbons (Fsp3) is 0.667. The second-order valence-electron chi connectivity index (χ2n) is 12.6. The molecule has 1 aromatic carbocycles. The van der Waals surface area contributed by atoms with Gasteiger partial charge in [-0.05, 0) is 115 Å². The van der Waals surface area contributed by atoms with Crippen molar-refractivity contribution >= 4 is 34.4 Å². The highest BCUT2D eigenvalue weighted by atomic mass is 127. The fourth-order valence-corrected chi connectivity index (χ4v) is 8.75. The Hall–Kier alpha value is -1.65. The Bertz CT molecular complexity index is 1070. The summed E-state index contributed by atoms with van der Waals surface area (Å²) in [5.74, 6) is 2.84. The highest BCUT2D eigenvalue weighted by Crippen LogP contribution is 2.60. The summed E-state index contributed by atoms with van der Waals surface area (Å²) in [4.78, 5) is 28.9. The molecule has 4 bridgehead atoms. The van der Waals surface area contributed by atoms with Gasteiger partial charge in [0.25, 0.3) is 0 Å². The van der Waals surface area contributed by atoms with E-state index >= 15 is 0 Å². The second kappa shape index (κ2) is 10.7. The lowest BCUT2D eigenvalue weighted by Crippen LogP contribution is -2.60. The average Bonchev–Trinajstić information content (AvgIpc) is 3.73. The predicted molar refractivity (Wildman–Crippen MR) is 151 cm³/mol. The molecule has 5 saturated carbocycles. The van der Waals surface area contributed by atoms with Crippen molar-refractivity contribution in [2.45, 2.75) is 76.0 Å². The highest BCUT2D eigenvalue weighted by Gasteiger charge is 2.54. The van der Waals surface area contributed by atoms with Crippen LogP contribution in [0.3, 0.4) is 0 Å². The molecule has 38 heavy (non-hydrogen) atoms. The number of nitrogens with one attached hydrogen (secondary N) is 1. The number of nitrogens with zero attached hydrogens (tertiary/aromatic N) is 1. The minimum Gasteiger partial charge on any atom is -0.482 e. The van der Waals surface area contributed by atoms with Crippen LogP contribution >= 0.6 is 22.6 Å². The molecule has 2 amide bonds. The SMILES string of the molecule is O=C(NCCO)C1=C[C@H](Oc2ccccc2I)[C@@H](O)[C@H](N(CC23CC4CC(CC(C4)C2)C3)C(=O)C2CC2)C1. The van der Waals surface area contributed by atoms with Crippen molar-refractivity contribution in [2.75, 3.05) is 19.7 Å². The van der Waals surface area contributed by atoms with Crippen LogP contribution in [0, 0.1) is 32.7 Å². The normalized spacial score (nSPS) is 35.5. The smallest absolute Gasteiger partial charge is 0.247 e. The second-order valence-corrected chi connectivity index (χ2v) is 13.8. The van der Waals surface area contributed by atoms with Gasteiger partial charge in [0.05, 0.1) is 16.2 Å². The maximum Gasteiger partial charge on any atom is 0.247 e. The van der Waals surface area contributed by atoms with Gasteiger partial charge in [0.15, 0.2) is 0 Å². The van der Waals surface area contributed by atoms with Crippen molar-refractivity contribution in [3.8, 4) is 5.75 Å². The van der Waals surface area contributed by atoms with Crippen LogP contribution < -0.4 is 10.1 Å². The van der Waals surface area contributed by atoms with E-state index in [1.165, 1.54) is 38.5 Å². The first-order valence-electron chi connectivity index (χ1n) is 14.3. The van der Waals surface area contributed by atoms with Crippen LogP contribution in [0.5, 0.6) is 5.75 Å². The van der Waals surface area contributed by atoms with Crippen LogP contribution in [0.4, 0.5) is 0 Å². The van der Waals surface area contributed by atoms with Gasteiger partial charge in [-0.1, -0.05) is 12.1 Å². The zero-order valence-corrected chi connectivity index (χ0v) is 24.0. The Morgan fingerprint density at radius 1 is 1.08 bits per heavy atom. The highest BCUT2D eigenvalue weighted by molar-refractivity contribution is 14.1. The number of aliphatic hydroxyl groups is 2. The maximum atomic E-state index is 13.9. The first-order chi connectivity index (χ1) is 18.3. The first kappa shape index (κ1) is 26.6. The van der Waals surface area contributed by atoms with Gasteiger partial charge in [-0.3, -0.25) is 9.59 Å². The number of carbonyl (C=O) groups excluding carboxylic acids is 2. The summed E-state index contributed by atoms with van der Waals surface area (Å²) in [7, 11) is 0. The third-order valence-electron chi connectivity index (χ3n) is 9.59. The number of carbonyl (C=O) groups is 2. The molecule has 3 atom stereocenters. The largest absolute Gasteiger partial charge is 0.482 e. The molecule has 0 aromatic heterocycles. The minimum absolute atomic E-state index is 0.0307. The summed E-state index contributed by atoms with van der Waals surface area (Å²) in [5, 5.41) is 23.8. The standard InChI is InChI=1S/C30H39IN2O5/c31-23-3-1-2-4-25(23)38-26-13-22(28(36)32-7-8-34)12-24(27(26)35)33(29(37)21-5-6-21)17-30-14-18-9-19(15-30)11-20(10-18)16-30/h1-4,13,18-21,24,26-27,34-35H,5-12,14-17H2,(H,32,36)/t18?,19?,20?,24-,26+,27+,30?/m1/s1. The quantitative estimate of drug-likeness (QED) is 0.361. The van der Waals surface area contributed by atoms with Crippen LogP contribution in [0.15, 0.2) is 35.9 Å². The Morgan fingerprint density at radius 2 is 1.74 bits per heavy atom. The van der Waals surface area contributed by atoms with E-state index in [1.807, 2.05) is 29.2 Å². The third kappa shape index (κ3) is 5.37. The van der Waals surface area contributed by atoms with Gasteiger partial charge in [0.2, 0.25) is 11.8 Å². The molecule has 206 valence electrons. The summed E-state index contributed by atoms with van der Waals surface area (Å²) in [6.07, 6.45) is 9.65. The number of hydrogen-bond acceptors (Lipinski definition) is 5. The molecular formula is C30H39IN2O5. The molecule has 6 aliphatic carbocycles. The summed E-state index contributed by atoms with van der Waals surface area (Å²) in [6, 6.07) is 7.10. The average molecular weight is 635 g/mol. The molecule has 0 spiro atoms. The molecule has 0 saturated heterocycles. The molecule has 7 rings (SSSR count). The van der Waals surface area contributed by atoms with E-state index in [0.717, 1.165) is 34.2 Å². The number of benzene rings is 1. The van der Waals surface area contributed by atoms with Crippen molar-refractivity contribution in [1.82, 2.24) is 10.2 Å². The van der Waals surface area contributed by atoms with Crippen molar-refractivity contribution < 1.29 is 24.5 Å². The van der Waals surface area contributed by atoms with Gasteiger partial charge in [-0.25, -0.2) is 0 Å². The Labute approximate surface area is 238 Å². The number of hydrogen-bond donors (Lipinski definition) is 3. The number of rotatable bonds is 9. The summed E-state index contributed by atoms with van der Waals surface area (Å²) in [5.41, 5.74) is 0.633. The zero-order chi connectivity index (χ0) is 26.4. The number of para-hydroxylation sites is 1. The maximum absolute atomic E-state index is 13.9. The van der Waals surface area contributed by atoms with Crippen molar-refractivity contribution in [3.05, 3.63) is 39.5 Å². The van der Waals surface area contributed by atoms with Crippen LogP contribution in [0.25, 0.3) is 0 Å². The number of amides is 2. The first-order valence-corrected chi connectivity index (χ1v) is 15.4. The predicted octanol–water partition coefficient (Wildman–Crippen LogP) is 3.66. The van der Waals surface area contributed by atoms with E-state index < -0.39 is 18.2 Å². The topological polar surface area (TPSA) is 99.1 Å². The van der Waals surface area contributed by atoms with Crippen molar-refractivity contribution in [1.29, 1.82) is 0 Å². The third-order valence-corrected chi connectivity index (χ3v) is 10.5. The van der Waals surface area contributed by atoms with Crippen LogP contribution in [-0.2, 0) is 9.59 Å². The zero-order valence-electron chi connectivity index (χ0n) is 21.9. The molecule has 7 nitrogen and oxygen atoms in total. The lowest BCUT2D eigenvalue weighted by Gasteiger charge is -2.58. The van der Waals surface area contributed by atoms with E-state index in [-0.39, 0.29) is 42.7 Å². The molecule has 3 N–H and O–H groups in total. The van der Waals surface area contributed by atoms with Gasteiger partial charge < -0.3 is 25.2 Å². The van der Waals surface area contributed by atoms with Crippen LogP contribution in [-0.4, -0.2) is 64.9 Å². The Morgan fingerprint density at radius 3 is 2.34 bits per heavy atom. The molecular weight excluding hydrogens is 595 g/mol. The molecule has 0 heterocycles. The molecule has 8 heteroatoms. The van der Waals surface area contributed by atoms with E-state index in [9.17, 15) is 19.8 Å². The van der Waals surface area contributed by atoms with Gasteiger partial charge in [0, 0.05) is 31.0 Å². The van der Waals surface area contributed by atoms with Gasteiger partial charge in [0.1, 0.15) is 18.0 Å². The van der Waals surface area contributed by atoms with E-state index in [1.54, 1.807) is 6.08 Å². The number of aliphatic hydroxyl groups excluding tert-OH is 2. The monoisotopic (exact) mass is 634 g/mol. The number of halogens is 1.